The van der Waals surface area contributed by atoms with E-state index in [1.165, 1.54) is 5.56 Å². The minimum Gasteiger partial charge on any atom is -0.487 e. The van der Waals surface area contributed by atoms with Crippen LogP contribution in [0.25, 0.3) is 5.69 Å². The normalized spacial score (nSPS) is 18.2. The molecule has 0 amide bonds. The minimum atomic E-state index is -0.483. The van der Waals surface area contributed by atoms with Crippen molar-refractivity contribution in [2.24, 2.45) is 9.98 Å². The van der Waals surface area contributed by atoms with Gasteiger partial charge in [0.15, 0.2) is 0 Å². The molecule has 2 aliphatic rings. The number of benzene rings is 2. The van der Waals surface area contributed by atoms with Gasteiger partial charge in [0.25, 0.3) is 0 Å². The van der Waals surface area contributed by atoms with E-state index in [0.29, 0.717) is 17.5 Å². The second kappa shape index (κ2) is 11.3. The molecule has 2 atom stereocenters. The van der Waals surface area contributed by atoms with Gasteiger partial charge in [-0.2, -0.15) is 0 Å². The minimum absolute atomic E-state index is 0.201. The fourth-order valence-electron chi connectivity index (χ4n) is 4.51. The lowest BCUT2D eigenvalue weighted by molar-refractivity contribution is 0.362. The third-order valence-corrected chi connectivity index (χ3v) is 6.41. The Labute approximate surface area is 222 Å². The number of nitrogens with one attached hydrogen (secondary N) is 2. The number of anilines is 1. The zero-order valence-electron chi connectivity index (χ0n) is 20.5. The number of ether oxygens (including phenoxy) is 1. The van der Waals surface area contributed by atoms with Crippen molar-refractivity contribution in [2.45, 2.75) is 25.0 Å². The summed E-state index contributed by atoms with van der Waals surface area (Å²) < 4.78 is 7.78. The predicted molar refractivity (Wildman–Crippen MR) is 151 cm³/mol. The quantitative estimate of drug-likeness (QED) is 0.261. The molecule has 0 bridgehead atoms. The van der Waals surface area contributed by atoms with Gasteiger partial charge in [0.1, 0.15) is 29.7 Å². The van der Waals surface area contributed by atoms with E-state index >= 15 is 0 Å². The van der Waals surface area contributed by atoms with Crippen LogP contribution in [0.15, 0.2) is 108 Å². The summed E-state index contributed by atoms with van der Waals surface area (Å²) in [6, 6.07) is 16.4. The number of allylic oxidation sites excluding steroid dienone is 1. The number of nitrogens with zero attached hydrogens (tertiary/aromatic N) is 4. The molecule has 2 aromatic carbocycles. The van der Waals surface area contributed by atoms with Gasteiger partial charge in [-0.05, 0) is 30.5 Å². The predicted octanol–water partition coefficient (Wildman–Crippen LogP) is 5.92. The van der Waals surface area contributed by atoms with Crippen molar-refractivity contribution >= 4 is 28.8 Å². The van der Waals surface area contributed by atoms with Gasteiger partial charge in [-0.3, -0.25) is 0 Å². The molecule has 0 saturated carbocycles. The Morgan fingerprint density at radius 2 is 1.97 bits per heavy atom. The van der Waals surface area contributed by atoms with Crippen LogP contribution >= 0.6 is 11.6 Å². The zero-order chi connectivity index (χ0) is 25.6. The van der Waals surface area contributed by atoms with E-state index in [-0.39, 0.29) is 5.92 Å². The highest BCUT2D eigenvalue weighted by atomic mass is 35.5. The number of hydrogen-bond donors (Lipinski definition) is 2. The molecule has 1 aliphatic carbocycles. The third-order valence-electron chi connectivity index (χ3n) is 6.22. The second-order valence-electron chi connectivity index (χ2n) is 8.72. The lowest BCUT2D eigenvalue weighted by Gasteiger charge is -2.25. The summed E-state index contributed by atoms with van der Waals surface area (Å²) in [6.45, 7) is 8.73. The van der Waals surface area contributed by atoms with Crippen LogP contribution in [0.1, 0.15) is 24.3 Å². The number of hydrogen-bond acceptors (Lipinski definition) is 6. The summed E-state index contributed by atoms with van der Waals surface area (Å²) in [4.78, 5) is 14.1. The molecule has 0 spiro atoms. The van der Waals surface area contributed by atoms with Crippen LogP contribution in [-0.2, 0) is 0 Å². The fraction of sp³-hybridized carbons (Fsp3) is 0.207. The first-order chi connectivity index (χ1) is 18.2. The Bertz CT molecular complexity index is 1370. The SMILES string of the molecule is C=CCCNC1=NC(Nc2ccc(-n3cnc(Cl)c3)c(OCC=C)c2)N=C2C1=CCC2c1ccccc1. The topological polar surface area (TPSA) is 75.8 Å². The van der Waals surface area contributed by atoms with E-state index in [0.717, 1.165) is 47.9 Å². The lowest BCUT2D eigenvalue weighted by Crippen LogP contribution is -2.36. The van der Waals surface area contributed by atoms with Gasteiger partial charge < -0.3 is 19.9 Å². The molecule has 1 aromatic heterocycles. The number of halogens is 1. The van der Waals surface area contributed by atoms with Gasteiger partial charge in [0.2, 0.25) is 6.29 Å². The van der Waals surface area contributed by atoms with Crippen LogP contribution in [0.4, 0.5) is 5.69 Å². The largest absolute Gasteiger partial charge is 0.487 e. The van der Waals surface area contributed by atoms with Gasteiger partial charge in [0, 0.05) is 36.0 Å². The van der Waals surface area contributed by atoms with Crippen molar-refractivity contribution in [3.8, 4) is 11.4 Å². The molecule has 188 valence electrons. The standard InChI is InChI=1S/C29H29ClN6O/c1-3-5-15-31-28-23-13-12-22(20-9-7-6-8-10-20)27(23)34-29(35-28)33-21-11-14-24(25(17-21)37-16-4-2)36-18-26(30)32-19-36/h3-4,6-11,13-14,17-19,22,29,33H,1-2,5,12,15-16H2,(H,31,35). The van der Waals surface area contributed by atoms with Crippen molar-refractivity contribution in [2.75, 3.05) is 18.5 Å². The van der Waals surface area contributed by atoms with Crippen molar-refractivity contribution in [1.82, 2.24) is 14.9 Å². The number of fused-ring (bicyclic) bond motifs is 1. The van der Waals surface area contributed by atoms with Crippen LogP contribution < -0.4 is 15.4 Å². The molecule has 5 rings (SSSR count). The molecule has 2 unspecified atom stereocenters. The summed E-state index contributed by atoms with van der Waals surface area (Å²) in [6.07, 6.45) is 10.5. The molecule has 37 heavy (non-hydrogen) atoms. The highest BCUT2D eigenvalue weighted by molar-refractivity contribution is 6.29. The van der Waals surface area contributed by atoms with Crippen LogP contribution in [0.2, 0.25) is 5.15 Å². The summed E-state index contributed by atoms with van der Waals surface area (Å²) >= 11 is 6.04. The number of amidine groups is 1. The van der Waals surface area contributed by atoms with Crippen LogP contribution in [0.5, 0.6) is 5.75 Å². The molecule has 0 saturated heterocycles. The summed E-state index contributed by atoms with van der Waals surface area (Å²) in [5.41, 5.74) is 5.04. The monoisotopic (exact) mass is 512 g/mol. The summed E-state index contributed by atoms with van der Waals surface area (Å²) in [5, 5.41) is 7.36. The maximum Gasteiger partial charge on any atom is 0.216 e. The van der Waals surface area contributed by atoms with Gasteiger partial charge >= 0.3 is 0 Å². The van der Waals surface area contributed by atoms with Crippen molar-refractivity contribution < 1.29 is 4.74 Å². The van der Waals surface area contributed by atoms with E-state index in [1.54, 1.807) is 18.6 Å². The molecule has 2 heterocycles. The van der Waals surface area contributed by atoms with Crippen LogP contribution in [0, 0.1) is 0 Å². The van der Waals surface area contributed by atoms with E-state index in [4.69, 9.17) is 26.3 Å². The van der Waals surface area contributed by atoms with Crippen LogP contribution in [0.3, 0.4) is 0 Å². The maximum atomic E-state index is 6.04. The molecule has 0 radical (unpaired) electrons. The third kappa shape index (κ3) is 5.52. The number of aliphatic imine (C=N–C) groups is 2. The molecular weight excluding hydrogens is 484 g/mol. The van der Waals surface area contributed by atoms with Crippen molar-refractivity contribution in [3.63, 3.8) is 0 Å². The molecule has 0 fully saturated rings. The van der Waals surface area contributed by atoms with Crippen LogP contribution in [-0.4, -0.2) is 40.5 Å². The zero-order valence-corrected chi connectivity index (χ0v) is 21.2. The summed E-state index contributed by atoms with van der Waals surface area (Å²) in [5.74, 6) is 1.72. The first kappa shape index (κ1) is 24.6. The van der Waals surface area contributed by atoms with Crippen molar-refractivity contribution in [3.05, 3.63) is 109 Å². The Morgan fingerprint density at radius 3 is 2.73 bits per heavy atom. The van der Waals surface area contributed by atoms with Gasteiger partial charge in [-0.1, -0.05) is 66.7 Å². The van der Waals surface area contributed by atoms with Gasteiger partial charge in [0.05, 0.1) is 11.4 Å². The first-order valence-electron chi connectivity index (χ1n) is 12.3. The smallest absolute Gasteiger partial charge is 0.216 e. The first-order valence-corrected chi connectivity index (χ1v) is 12.6. The Kier molecular flexibility index (Phi) is 7.51. The van der Waals surface area contributed by atoms with Gasteiger partial charge in [-0.25, -0.2) is 15.0 Å². The number of aromatic nitrogens is 2. The maximum absolute atomic E-state index is 6.04. The highest BCUT2D eigenvalue weighted by Gasteiger charge is 2.33. The molecular formula is C29H29ClN6O. The van der Waals surface area contributed by atoms with Gasteiger partial charge in [-0.15, -0.1) is 6.58 Å². The molecule has 2 N–H and O–H groups in total. The molecule has 3 aromatic rings. The average molecular weight is 513 g/mol. The summed E-state index contributed by atoms with van der Waals surface area (Å²) in [7, 11) is 0. The Morgan fingerprint density at radius 1 is 1.11 bits per heavy atom. The van der Waals surface area contributed by atoms with Crippen molar-refractivity contribution in [1.29, 1.82) is 0 Å². The Hall–Kier alpha value is -4.10. The highest BCUT2D eigenvalue weighted by Crippen LogP contribution is 2.35. The van der Waals surface area contributed by atoms with E-state index in [2.05, 4.69) is 59.1 Å². The molecule has 8 heteroatoms. The van der Waals surface area contributed by atoms with E-state index < -0.39 is 6.29 Å². The second-order valence-corrected chi connectivity index (χ2v) is 9.10. The number of rotatable bonds is 10. The average Bonchev–Trinajstić information content (AvgIpc) is 3.54. The fourth-order valence-corrected chi connectivity index (χ4v) is 4.66. The molecule has 7 nitrogen and oxygen atoms in total. The number of imidazole rings is 1. The Balaban J connectivity index is 1.45. The lowest BCUT2D eigenvalue weighted by atomic mass is 9.93. The molecule has 1 aliphatic heterocycles. The van der Waals surface area contributed by atoms with E-state index in [1.807, 2.05) is 34.9 Å². The van der Waals surface area contributed by atoms with E-state index in [9.17, 15) is 0 Å².